The smallest absolute Gasteiger partial charge is 0.253 e. The van der Waals surface area contributed by atoms with Gasteiger partial charge in [0, 0.05) is 42.6 Å². The van der Waals surface area contributed by atoms with Crippen molar-refractivity contribution < 1.29 is 9.59 Å². The fraction of sp³-hybridized carbons (Fsp3) is 0.258. The van der Waals surface area contributed by atoms with Crippen LogP contribution in [0.5, 0.6) is 0 Å². The minimum absolute atomic E-state index is 0.0229. The molecule has 208 valence electrons. The number of fused-ring (bicyclic) bond motifs is 6. The Morgan fingerprint density at radius 3 is 2.76 bits per heavy atom. The molecule has 2 aliphatic heterocycles. The Morgan fingerprint density at radius 1 is 1.00 bits per heavy atom. The van der Waals surface area contributed by atoms with Crippen LogP contribution in [-0.4, -0.2) is 44.8 Å². The van der Waals surface area contributed by atoms with Gasteiger partial charge in [0.25, 0.3) is 5.91 Å². The first-order chi connectivity index (χ1) is 20.0. The van der Waals surface area contributed by atoms with E-state index in [1.165, 1.54) is 0 Å². The summed E-state index contributed by atoms with van der Waals surface area (Å²) in [5.74, 6) is 0.959. The molecular formula is C31H30ClN7O2. The molecule has 1 atom stereocenters. The van der Waals surface area contributed by atoms with Gasteiger partial charge >= 0.3 is 0 Å². The Kier molecular flexibility index (Phi) is 7.78. The summed E-state index contributed by atoms with van der Waals surface area (Å²) in [4.78, 5) is 41.2. The van der Waals surface area contributed by atoms with E-state index in [1.807, 2.05) is 65.7 Å². The molecular weight excluding hydrogens is 538 g/mol. The number of hydrogen-bond acceptors (Lipinski definition) is 7. The summed E-state index contributed by atoms with van der Waals surface area (Å²) in [5, 5.41) is 10.0. The van der Waals surface area contributed by atoms with Gasteiger partial charge in [-0.1, -0.05) is 29.8 Å². The molecule has 0 spiro atoms. The van der Waals surface area contributed by atoms with E-state index < -0.39 is 0 Å². The number of benzene rings is 2. The number of hydrogen-bond donors (Lipinski definition) is 3. The molecule has 41 heavy (non-hydrogen) atoms. The van der Waals surface area contributed by atoms with Gasteiger partial charge in [-0.05, 0) is 79.1 Å². The third kappa shape index (κ3) is 6.47. The molecule has 10 heteroatoms. The van der Waals surface area contributed by atoms with Gasteiger partial charge in [0.15, 0.2) is 5.82 Å². The molecule has 2 aromatic heterocycles. The summed E-state index contributed by atoms with van der Waals surface area (Å²) in [6.07, 6.45) is 8.69. The number of carbonyl (C=O) groups excluding carboxylic acids is 2. The molecule has 0 radical (unpaired) electrons. The molecule has 0 unspecified atom stereocenters. The third-order valence-electron chi connectivity index (χ3n) is 7.42. The number of halogens is 1. The maximum absolute atomic E-state index is 13.2. The highest BCUT2D eigenvalue weighted by atomic mass is 35.5. The van der Waals surface area contributed by atoms with Gasteiger partial charge < -0.3 is 20.9 Å². The lowest BCUT2D eigenvalue weighted by molar-refractivity contribution is -0.117. The molecule has 1 fully saturated rings. The number of aryl methyl sites for hydroxylation is 2. The number of pyridine rings is 1. The van der Waals surface area contributed by atoms with E-state index in [0.717, 1.165) is 47.5 Å². The predicted octanol–water partition coefficient (Wildman–Crippen LogP) is 5.99. The van der Waals surface area contributed by atoms with Crippen LogP contribution in [0.4, 0.5) is 28.8 Å². The maximum Gasteiger partial charge on any atom is 0.253 e. The minimum atomic E-state index is -0.0553. The minimum Gasteiger partial charge on any atom is -0.339 e. The van der Waals surface area contributed by atoms with Gasteiger partial charge in [-0.25, -0.2) is 4.98 Å². The first-order valence-corrected chi connectivity index (χ1v) is 14.2. The monoisotopic (exact) mass is 567 g/mol. The second-order valence-corrected chi connectivity index (χ2v) is 10.9. The predicted molar refractivity (Wildman–Crippen MR) is 160 cm³/mol. The van der Waals surface area contributed by atoms with E-state index in [0.29, 0.717) is 48.3 Å². The van der Waals surface area contributed by atoms with Crippen molar-refractivity contribution in [3.05, 3.63) is 94.9 Å². The fourth-order valence-corrected chi connectivity index (χ4v) is 5.53. The number of piperidine rings is 1. The van der Waals surface area contributed by atoms with Crippen molar-refractivity contribution in [2.45, 2.75) is 32.1 Å². The second-order valence-electron chi connectivity index (χ2n) is 10.5. The van der Waals surface area contributed by atoms with E-state index in [1.54, 1.807) is 12.4 Å². The number of nitrogens with one attached hydrogen (secondary N) is 3. The number of carbonyl (C=O) groups is 2. The SMILES string of the molecule is O=C(C[C@H]1CCCN(C(=O)c2ccccc2)C1)Nc1ccc2cc1CCc1cncc(c1)Nc1ncc(Cl)c(n1)N2. The van der Waals surface area contributed by atoms with Crippen LogP contribution in [0.1, 0.15) is 40.7 Å². The molecule has 4 aromatic rings. The highest BCUT2D eigenvalue weighted by molar-refractivity contribution is 6.32. The standard InChI is InChI=1S/C31H30ClN7O2/c32-26-18-34-31-36-25-13-20(16-33-17-25)8-9-23-15-24(35-29(26)38-31)10-11-27(23)37-28(40)14-21-5-4-12-39(19-21)30(41)22-6-2-1-3-7-22/h1-3,6-7,10-11,13,15-18,21H,4-5,8-9,12,14,19H2,(H,37,40)(H2,34,35,36,38)/t21-/m1/s1. The van der Waals surface area contributed by atoms with Crippen molar-refractivity contribution in [3.63, 3.8) is 0 Å². The number of amides is 2. The molecule has 1 saturated heterocycles. The van der Waals surface area contributed by atoms with Gasteiger partial charge in [-0.2, -0.15) is 4.98 Å². The van der Waals surface area contributed by atoms with Gasteiger partial charge in [0.2, 0.25) is 11.9 Å². The van der Waals surface area contributed by atoms with E-state index in [2.05, 4.69) is 30.9 Å². The quantitative estimate of drug-likeness (QED) is 0.277. The van der Waals surface area contributed by atoms with Crippen molar-refractivity contribution in [1.82, 2.24) is 19.9 Å². The lowest BCUT2D eigenvalue weighted by Gasteiger charge is -2.32. The number of nitrogens with zero attached hydrogens (tertiary/aromatic N) is 4. The molecule has 6 bridgehead atoms. The largest absolute Gasteiger partial charge is 0.339 e. The van der Waals surface area contributed by atoms with Crippen LogP contribution in [0.15, 0.2) is 73.2 Å². The van der Waals surface area contributed by atoms with Gasteiger partial charge in [0.05, 0.1) is 18.1 Å². The van der Waals surface area contributed by atoms with Crippen molar-refractivity contribution in [1.29, 1.82) is 0 Å². The van der Waals surface area contributed by atoms with Crippen molar-refractivity contribution in [2.75, 3.05) is 29.0 Å². The number of likely N-dealkylation sites (tertiary alicyclic amines) is 1. The highest BCUT2D eigenvalue weighted by Crippen LogP contribution is 2.30. The average molecular weight is 568 g/mol. The second kappa shape index (κ2) is 11.9. The third-order valence-corrected chi connectivity index (χ3v) is 7.70. The number of anilines is 5. The Bertz CT molecular complexity index is 1580. The highest BCUT2D eigenvalue weighted by Gasteiger charge is 2.26. The lowest BCUT2D eigenvalue weighted by atomic mass is 9.93. The molecule has 3 N–H and O–H groups in total. The average Bonchev–Trinajstić information content (AvgIpc) is 2.99. The summed E-state index contributed by atoms with van der Waals surface area (Å²) in [7, 11) is 0. The van der Waals surface area contributed by atoms with Gasteiger partial charge in [-0.3, -0.25) is 14.6 Å². The molecule has 9 nitrogen and oxygen atoms in total. The van der Waals surface area contributed by atoms with Crippen LogP contribution >= 0.6 is 11.6 Å². The van der Waals surface area contributed by atoms with E-state index in [9.17, 15) is 9.59 Å². The van der Waals surface area contributed by atoms with Crippen LogP contribution in [0.3, 0.4) is 0 Å². The summed E-state index contributed by atoms with van der Waals surface area (Å²) >= 11 is 6.38. The Morgan fingerprint density at radius 2 is 1.88 bits per heavy atom. The van der Waals surface area contributed by atoms with Crippen LogP contribution in [0.2, 0.25) is 5.02 Å². The molecule has 2 aromatic carbocycles. The lowest BCUT2D eigenvalue weighted by Crippen LogP contribution is -2.40. The van der Waals surface area contributed by atoms with Crippen molar-refractivity contribution in [3.8, 4) is 0 Å². The summed E-state index contributed by atoms with van der Waals surface area (Å²) < 4.78 is 0. The van der Waals surface area contributed by atoms with Crippen LogP contribution < -0.4 is 16.0 Å². The number of aromatic nitrogens is 3. The van der Waals surface area contributed by atoms with Crippen LogP contribution in [0, 0.1) is 5.92 Å². The van der Waals surface area contributed by atoms with Gasteiger partial charge in [0.1, 0.15) is 5.02 Å². The molecule has 4 heterocycles. The topological polar surface area (TPSA) is 112 Å². The zero-order valence-electron chi connectivity index (χ0n) is 22.4. The molecule has 2 amide bonds. The Hall–Kier alpha value is -4.50. The fourth-order valence-electron chi connectivity index (χ4n) is 5.40. The summed E-state index contributed by atoms with van der Waals surface area (Å²) in [6, 6.07) is 17.2. The van der Waals surface area contributed by atoms with Gasteiger partial charge in [-0.15, -0.1) is 0 Å². The van der Waals surface area contributed by atoms with Crippen molar-refractivity contribution in [2.24, 2.45) is 5.92 Å². The van der Waals surface area contributed by atoms with E-state index in [-0.39, 0.29) is 17.7 Å². The van der Waals surface area contributed by atoms with Crippen LogP contribution in [-0.2, 0) is 17.6 Å². The van der Waals surface area contributed by atoms with E-state index in [4.69, 9.17) is 11.6 Å². The molecule has 2 aliphatic rings. The maximum atomic E-state index is 13.2. The summed E-state index contributed by atoms with van der Waals surface area (Å²) in [6.45, 7) is 1.30. The first-order valence-electron chi connectivity index (χ1n) is 13.8. The normalized spacial score (nSPS) is 16.2. The Labute approximate surface area is 243 Å². The zero-order valence-corrected chi connectivity index (χ0v) is 23.2. The van der Waals surface area contributed by atoms with Crippen LogP contribution in [0.25, 0.3) is 0 Å². The zero-order chi connectivity index (χ0) is 28.2. The Balaban J connectivity index is 1.18. The number of rotatable bonds is 4. The molecule has 6 rings (SSSR count). The molecule has 0 aliphatic carbocycles. The molecule has 0 saturated carbocycles. The van der Waals surface area contributed by atoms with Crippen molar-refractivity contribution >= 4 is 52.2 Å². The van der Waals surface area contributed by atoms with E-state index >= 15 is 0 Å². The first kappa shape index (κ1) is 26.7. The summed E-state index contributed by atoms with van der Waals surface area (Å²) in [5.41, 5.74) is 5.06.